The number of hydrogen-bond acceptors (Lipinski definition) is 1. The third-order valence-corrected chi connectivity index (χ3v) is 2.76. The molecular formula is C14H12F3N. The molecule has 2 aromatic carbocycles. The molecule has 2 rings (SSSR count). The van der Waals surface area contributed by atoms with Gasteiger partial charge in [0.2, 0.25) is 0 Å². The lowest BCUT2D eigenvalue weighted by molar-refractivity contribution is -0.137. The van der Waals surface area contributed by atoms with Gasteiger partial charge in [-0.15, -0.1) is 0 Å². The highest BCUT2D eigenvalue weighted by molar-refractivity contribution is 5.33. The van der Waals surface area contributed by atoms with Gasteiger partial charge in [-0.3, -0.25) is 0 Å². The molecule has 0 amide bonds. The summed E-state index contributed by atoms with van der Waals surface area (Å²) in [7, 11) is 0. The molecule has 0 spiro atoms. The van der Waals surface area contributed by atoms with Gasteiger partial charge < -0.3 is 5.73 Å². The summed E-state index contributed by atoms with van der Waals surface area (Å²) in [6.07, 6.45) is -4.31. The van der Waals surface area contributed by atoms with Crippen molar-refractivity contribution >= 4 is 0 Å². The first-order chi connectivity index (χ1) is 8.48. The molecule has 1 nitrogen and oxygen atoms in total. The van der Waals surface area contributed by atoms with Crippen molar-refractivity contribution in [2.24, 2.45) is 5.73 Å². The largest absolute Gasteiger partial charge is 0.416 e. The van der Waals surface area contributed by atoms with Crippen molar-refractivity contribution in [3.8, 4) is 0 Å². The Morgan fingerprint density at radius 2 is 1.28 bits per heavy atom. The quantitative estimate of drug-likeness (QED) is 0.864. The average Bonchev–Trinajstić information content (AvgIpc) is 2.38. The molecule has 0 aliphatic rings. The zero-order valence-corrected chi connectivity index (χ0v) is 9.48. The predicted molar refractivity (Wildman–Crippen MR) is 63.9 cm³/mol. The summed E-state index contributed by atoms with van der Waals surface area (Å²) in [5, 5.41) is 0. The second-order valence-electron chi connectivity index (χ2n) is 4.01. The van der Waals surface area contributed by atoms with E-state index in [1.54, 1.807) is 0 Å². The molecule has 0 radical (unpaired) electrons. The third-order valence-electron chi connectivity index (χ3n) is 2.76. The summed E-state index contributed by atoms with van der Waals surface area (Å²) < 4.78 is 37.2. The lowest BCUT2D eigenvalue weighted by atomic mass is 9.98. The summed E-state index contributed by atoms with van der Waals surface area (Å²) >= 11 is 0. The number of hydrogen-bond donors (Lipinski definition) is 1. The van der Waals surface area contributed by atoms with E-state index in [9.17, 15) is 13.2 Å². The smallest absolute Gasteiger partial charge is 0.320 e. The maximum Gasteiger partial charge on any atom is 0.416 e. The predicted octanol–water partition coefficient (Wildman–Crippen LogP) is 3.75. The van der Waals surface area contributed by atoms with Gasteiger partial charge in [-0.2, -0.15) is 13.2 Å². The van der Waals surface area contributed by atoms with Crippen LogP contribution in [0.5, 0.6) is 0 Å². The number of rotatable bonds is 2. The van der Waals surface area contributed by atoms with E-state index in [1.165, 1.54) is 12.1 Å². The Hall–Kier alpha value is -1.81. The van der Waals surface area contributed by atoms with E-state index < -0.39 is 17.8 Å². The highest BCUT2D eigenvalue weighted by atomic mass is 19.4. The first-order valence-corrected chi connectivity index (χ1v) is 5.46. The van der Waals surface area contributed by atoms with E-state index in [2.05, 4.69) is 0 Å². The van der Waals surface area contributed by atoms with Crippen LogP contribution in [0.1, 0.15) is 22.7 Å². The number of benzene rings is 2. The molecule has 0 aromatic heterocycles. The molecule has 0 heterocycles. The van der Waals surface area contributed by atoms with Crippen molar-refractivity contribution in [1.82, 2.24) is 0 Å². The van der Waals surface area contributed by atoms with E-state index >= 15 is 0 Å². The van der Waals surface area contributed by atoms with Crippen LogP contribution in [0.4, 0.5) is 13.2 Å². The van der Waals surface area contributed by atoms with Gasteiger partial charge in [0.1, 0.15) is 0 Å². The lowest BCUT2D eigenvalue weighted by Crippen LogP contribution is -2.12. The zero-order valence-electron chi connectivity index (χ0n) is 9.48. The van der Waals surface area contributed by atoms with Crippen molar-refractivity contribution in [2.45, 2.75) is 12.2 Å². The van der Waals surface area contributed by atoms with Gasteiger partial charge in [-0.25, -0.2) is 0 Å². The van der Waals surface area contributed by atoms with Crippen molar-refractivity contribution in [1.29, 1.82) is 0 Å². The topological polar surface area (TPSA) is 26.0 Å². The van der Waals surface area contributed by atoms with Crippen molar-refractivity contribution in [3.63, 3.8) is 0 Å². The molecular weight excluding hydrogens is 239 g/mol. The maximum atomic E-state index is 12.4. The Kier molecular flexibility index (Phi) is 3.39. The van der Waals surface area contributed by atoms with Crippen molar-refractivity contribution in [2.75, 3.05) is 0 Å². The SMILES string of the molecule is N[C@@H](c1ccccc1)c1ccc(C(F)(F)F)cc1. The normalized spacial score (nSPS) is 13.3. The summed E-state index contributed by atoms with van der Waals surface area (Å²) in [6, 6.07) is 13.8. The fourth-order valence-corrected chi connectivity index (χ4v) is 1.73. The van der Waals surface area contributed by atoms with Gasteiger partial charge in [-0.1, -0.05) is 42.5 Å². The van der Waals surface area contributed by atoms with Crippen LogP contribution in [-0.2, 0) is 6.18 Å². The van der Waals surface area contributed by atoms with Gasteiger partial charge in [-0.05, 0) is 23.3 Å². The summed E-state index contributed by atoms with van der Waals surface area (Å²) in [5.74, 6) is 0. The van der Waals surface area contributed by atoms with E-state index in [-0.39, 0.29) is 0 Å². The monoisotopic (exact) mass is 251 g/mol. The minimum Gasteiger partial charge on any atom is -0.320 e. The van der Waals surface area contributed by atoms with Crippen LogP contribution in [0.15, 0.2) is 54.6 Å². The Morgan fingerprint density at radius 3 is 1.78 bits per heavy atom. The fraction of sp³-hybridized carbons (Fsp3) is 0.143. The molecule has 0 aliphatic carbocycles. The Balaban J connectivity index is 2.25. The first-order valence-electron chi connectivity index (χ1n) is 5.46. The summed E-state index contributed by atoms with van der Waals surface area (Å²) in [6.45, 7) is 0. The Morgan fingerprint density at radius 1 is 0.778 bits per heavy atom. The van der Waals surface area contributed by atoms with Crippen LogP contribution in [-0.4, -0.2) is 0 Å². The second-order valence-corrected chi connectivity index (χ2v) is 4.01. The van der Waals surface area contributed by atoms with Crippen LogP contribution in [0, 0.1) is 0 Å². The first kappa shape index (κ1) is 12.6. The zero-order chi connectivity index (χ0) is 13.2. The Bertz CT molecular complexity index is 503. The number of halogens is 3. The third kappa shape index (κ3) is 2.71. The van der Waals surface area contributed by atoms with Crippen LogP contribution in [0.2, 0.25) is 0 Å². The van der Waals surface area contributed by atoms with Gasteiger partial charge in [0.05, 0.1) is 11.6 Å². The molecule has 18 heavy (non-hydrogen) atoms. The molecule has 94 valence electrons. The van der Waals surface area contributed by atoms with E-state index in [1.807, 2.05) is 30.3 Å². The molecule has 0 fully saturated rings. The minimum atomic E-state index is -4.31. The van der Waals surface area contributed by atoms with Gasteiger partial charge >= 0.3 is 6.18 Å². The van der Waals surface area contributed by atoms with Gasteiger partial charge in [0, 0.05) is 0 Å². The van der Waals surface area contributed by atoms with E-state index in [0.717, 1.165) is 17.7 Å². The molecule has 4 heteroatoms. The summed E-state index contributed by atoms with van der Waals surface area (Å²) in [5.41, 5.74) is 6.87. The molecule has 2 N–H and O–H groups in total. The van der Waals surface area contributed by atoms with Crippen LogP contribution in [0.3, 0.4) is 0 Å². The highest BCUT2D eigenvalue weighted by Gasteiger charge is 2.30. The van der Waals surface area contributed by atoms with E-state index in [4.69, 9.17) is 5.73 Å². The fourth-order valence-electron chi connectivity index (χ4n) is 1.73. The maximum absolute atomic E-state index is 12.4. The lowest BCUT2D eigenvalue weighted by Gasteiger charge is -2.13. The number of alkyl halides is 3. The average molecular weight is 251 g/mol. The molecule has 0 aliphatic heterocycles. The Labute approximate surface area is 103 Å². The number of nitrogens with two attached hydrogens (primary N) is 1. The molecule has 0 saturated carbocycles. The second kappa shape index (κ2) is 4.82. The van der Waals surface area contributed by atoms with Crippen LogP contribution < -0.4 is 5.73 Å². The minimum absolute atomic E-state index is 0.409. The van der Waals surface area contributed by atoms with Crippen molar-refractivity contribution < 1.29 is 13.2 Å². The highest BCUT2D eigenvalue weighted by Crippen LogP contribution is 2.30. The van der Waals surface area contributed by atoms with Gasteiger partial charge in [0.15, 0.2) is 0 Å². The molecule has 0 saturated heterocycles. The van der Waals surface area contributed by atoms with Crippen LogP contribution in [0.25, 0.3) is 0 Å². The molecule has 2 aromatic rings. The molecule has 0 unspecified atom stereocenters. The molecule has 0 bridgehead atoms. The van der Waals surface area contributed by atoms with Crippen molar-refractivity contribution in [3.05, 3.63) is 71.3 Å². The standard InChI is InChI=1S/C14H12F3N/c15-14(16,17)12-8-6-11(7-9-12)13(18)10-4-2-1-3-5-10/h1-9,13H,18H2/t13-/m0/s1. The van der Waals surface area contributed by atoms with Gasteiger partial charge in [0.25, 0.3) is 0 Å². The van der Waals surface area contributed by atoms with E-state index in [0.29, 0.717) is 5.56 Å². The summed E-state index contributed by atoms with van der Waals surface area (Å²) in [4.78, 5) is 0. The molecule has 1 atom stereocenters. The van der Waals surface area contributed by atoms with Crippen LogP contribution >= 0.6 is 0 Å².